The Morgan fingerprint density at radius 3 is 2.58 bits per heavy atom. The molecule has 24 heavy (non-hydrogen) atoms. The minimum atomic E-state index is -4.99. The van der Waals surface area contributed by atoms with E-state index in [1.165, 1.54) is 20.3 Å². The number of carbonyl (C=O) groups is 1. The summed E-state index contributed by atoms with van der Waals surface area (Å²) in [5, 5.41) is 10.6. The molecule has 1 amide bonds. The number of thiazole rings is 1. The van der Waals surface area contributed by atoms with Crippen molar-refractivity contribution >= 4 is 27.5 Å². The molecule has 1 N–H and O–H groups in total. The summed E-state index contributed by atoms with van der Waals surface area (Å²) in [7, 11) is 3.86. The molecule has 0 radical (unpaired) electrons. The number of amides is 1. The Kier molecular flexibility index (Phi) is 5.19. The largest absolute Gasteiger partial charge is 0.494 e. The molecule has 1 atom stereocenters. The van der Waals surface area contributed by atoms with Gasteiger partial charge in [0.1, 0.15) is 11.3 Å². The molecule has 0 aliphatic rings. The summed E-state index contributed by atoms with van der Waals surface area (Å²) in [5.74, 6) is -1.58. The summed E-state index contributed by atoms with van der Waals surface area (Å²) in [6.07, 6.45) is -6.31. The number of likely N-dealkylation sites (N-methyl/N-ethyl adjacent to an activating group) is 1. The average molecular weight is 364 g/mol. The molecule has 0 saturated carbocycles. The van der Waals surface area contributed by atoms with Crippen LogP contribution in [0.1, 0.15) is 11.7 Å². The molecule has 132 valence electrons. The Balaban J connectivity index is 2.34. The predicted octanol–water partition coefficient (Wildman–Crippen LogP) is 2.37. The molecule has 0 spiro atoms. The first-order valence-corrected chi connectivity index (χ1v) is 7.52. The number of alkyl halides is 3. The molecule has 1 unspecified atom stereocenters. The lowest BCUT2D eigenvalue weighted by atomic mass is 10.1. The van der Waals surface area contributed by atoms with Gasteiger partial charge in [-0.2, -0.15) is 18.2 Å². The van der Waals surface area contributed by atoms with Crippen LogP contribution >= 0.6 is 11.3 Å². The molecule has 0 fully saturated rings. The fourth-order valence-electron chi connectivity index (χ4n) is 2.15. The van der Waals surface area contributed by atoms with Crippen LogP contribution < -0.4 is 9.47 Å². The van der Waals surface area contributed by atoms with Gasteiger partial charge in [-0.05, 0) is 6.07 Å². The number of halogens is 3. The summed E-state index contributed by atoms with van der Waals surface area (Å²) in [5.41, 5.74) is 0.772. The van der Waals surface area contributed by atoms with Gasteiger partial charge in [-0.25, -0.2) is 0 Å². The van der Waals surface area contributed by atoms with E-state index in [9.17, 15) is 23.1 Å². The zero-order valence-corrected chi connectivity index (χ0v) is 13.9. The molecule has 0 aliphatic carbocycles. The number of fused-ring (bicyclic) bond motifs is 1. The Morgan fingerprint density at radius 1 is 1.38 bits per heavy atom. The van der Waals surface area contributed by atoms with E-state index in [0.717, 1.165) is 18.4 Å². The van der Waals surface area contributed by atoms with Crippen LogP contribution in [0, 0.1) is 0 Å². The Labute approximate surface area is 139 Å². The third kappa shape index (κ3) is 3.54. The van der Waals surface area contributed by atoms with Gasteiger partial charge in [0.05, 0.1) is 31.6 Å². The van der Waals surface area contributed by atoms with Gasteiger partial charge in [-0.3, -0.25) is 4.79 Å². The quantitative estimate of drug-likeness (QED) is 0.882. The lowest BCUT2D eigenvalue weighted by molar-refractivity contribution is -0.185. The fraction of sp³-hybridized carbons (Fsp3) is 0.429. The molecule has 1 aromatic carbocycles. The van der Waals surface area contributed by atoms with Gasteiger partial charge < -0.3 is 19.5 Å². The number of aliphatic hydroxyl groups is 1. The number of methoxy groups -OCH3 is 2. The van der Waals surface area contributed by atoms with Crippen molar-refractivity contribution in [3.63, 3.8) is 0 Å². The molecular weight excluding hydrogens is 349 g/mol. The highest BCUT2D eigenvalue weighted by atomic mass is 32.1. The number of rotatable bonds is 5. The van der Waals surface area contributed by atoms with Crippen molar-refractivity contribution in [2.45, 2.75) is 12.3 Å². The average Bonchev–Trinajstić information content (AvgIpc) is 2.96. The number of aliphatic hydroxyl groups excluding tert-OH is 1. The van der Waals surface area contributed by atoms with Crippen LogP contribution in [0.3, 0.4) is 0 Å². The maximum atomic E-state index is 12.4. The van der Waals surface area contributed by atoms with Crippen molar-refractivity contribution < 1.29 is 32.5 Å². The van der Waals surface area contributed by atoms with Gasteiger partial charge in [0, 0.05) is 12.6 Å². The van der Waals surface area contributed by atoms with Crippen LogP contribution in [0.4, 0.5) is 13.2 Å². The van der Waals surface area contributed by atoms with Gasteiger partial charge in [0.2, 0.25) is 0 Å². The van der Waals surface area contributed by atoms with Gasteiger partial charge in [-0.15, -0.1) is 0 Å². The van der Waals surface area contributed by atoms with E-state index < -0.39 is 24.7 Å². The zero-order chi connectivity index (χ0) is 18.1. The molecule has 6 nitrogen and oxygen atoms in total. The molecule has 0 saturated heterocycles. The first-order chi connectivity index (χ1) is 11.2. The predicted molar refractivity (Wildman–Crippen MR) is 81.4 cm³/mol. The summed E-state index contributed by atoms with van der Waals surface area (Å²) in [4.78, 5) is 15.8. The summed E-state index contributed by atoms with van der Waals surface area (Å²) in [6, 6.07) is 3.07. The third-order valence-corrected chi connectivity index (χ3v) is 4.37. The second kappa shape index (κ2) is 6.81. The topological polar surface area (TPSA) is 71.9 Å². The van der Waals surface area contributed by atoms with Crippen LogP contribution in [-0.4, -0.2) is 54.9 Å². The number of hydrogen-bond donors (Lipinski definition) is 1. The van der Waals surface area contributed by atoms with Crippen LogP contribution in [0.5, 0.6) is 10.9 Å². The van der Waals surface area contributed by atoms with Crippen molar-refractivity contribution in [1.82, 2.24) is 9.88 Å². The van der Waals surface area contributed by atoms with E-state index in [1.807, 2.05) is 0 Å². The van der Waals surface area contributed by atoms with Crippen LogP contribution in [0.25, 0.3) is 10.2 Å². The molecule has 0 aliphatic heterocycles. The fourth-order valence-corrected chi connectivity index (χ4v) is 3.11. The van der Waals surface area contributed by atoms with Gasteiger partial charge >= 0.3 is 12.1 Å². The summed E-state index contributed by atoms with van der Waals surface area (Å²) < 4.78 is 48.1. The molecule has 1 heterocycles. The van der Waals surface area contributed by atoms with Crippen LogP contribution in [0.15, 0.2) is 12.1 Å². The SMILES string of the molecule is COc1nc2c(OC)ccc(C(O)CN(C)C(=O)C(F)(F)F)c2s1. The number of ether oxygens (including phenoxy) is 2. The monoisotopic (exact) mass is 364 g/mol. The Hall–Kier alpha value is -2.07. The number of aromatic nitrogens is 1. The normalized spacial score (nSPS) is 13.0. The second-order valence-electron chi connectivity index (χ2n) is 4.92. The standard InChI is InChI=1S/C14H15F3N2O4S/c1-19(12(21)14(15,16)17)6-8(20)7-4-5-9(22-2)10-11(7)24-13(18-10)23-3/h4-5,8,20H,6H2,1-3H3. The summed E-state index contributed by atoms with van der Waals surface area (Å²) >= 11 is 1.12. The first-order valence-electron chi connectivity index (χ1n) is 6.70. The Morgan fingerprint density at radius 2 is 2.04 bits per heavy atom. The first kappa shape index (κ1) is 18.3. The van der Waals surface area contributed by atoms with E-state index in [0.29, 0.717) is 31.6 Å². The minimum Gasteiger partial charge on any atom is -0.494 e. The number of benzene rings is 1. The smallest absolute Gasteiger partial charge is 0.471 e. The maximum Gasteiger partial charge on any atom is 0.471 e. The lowest BCUT2D eigenvalue weighted by Gasteiger charge is -2.22. The number of nitrogens with zero attached hydrogens (tertiary/aromatic N) is 2. The van der Waals surface area contributed by atoms with Crippen molar-refractivity contribution in [1.29, 1.82) is 0 Å². The van der Waals surface area contributed by atoms with E-state index >= 15 is 0 Å². The molecule has 2 rings (SSSR count). The van der Waals surface area contributed by atoms with E-state index in [2.05, 4.69) is 4.98 Å². The second-order valence-corrected chi connectivity index (χ2v) is 5.88. The van der Waals surface area contributed by atoms with E-state index in [4.69, 9.17) is 9.47 Å². The zero-order valence-electron chi connectivity index (χ0n) is 13.0. The summed E-state index contributed by atoms with van der Waals surface area (Å²) in [6.45, 7) is -0.514. The molecular formula is C14H15F3N2O4S. The molecule has 10 heteroatoms. The molecule has 2 aromatic rings. The lowest BCUT2D eigenvalue weighted by Crippen LogP contribution is -2.40. The van der Waals surface area contributed by atoms with E-state index in [-0.39, 0.29) is 0 Å². The van der Waals surface area contributed by atoms with Crippen molar-refractivity contribution in [3.8, 4) is 10.9 Å². The third-order valence-electron chi connectivity index (χ3n) is 3.31. The number of carbonyl (C=O) groups excluding carboxylic acids is 1. The maximum absolute atomic E-state index is 12.4. The van der Waals surface area contributed by atoms with Crippen molar-refractivity contribution in [2.75, 3.05) is 27.8 Å². The molecule has 1 aromatic heterocycles. The molecule has 0 bridgehead atoms. The van der Waals surface area contributed by atoms with Crippen molar-refractivity contribution in [2.24, 2.45) is 0 Å². The minimum absolute atomic E-state index is 0.322. The van der Waals surface area contributed by atoms with Crippen LogP contribution in [0.2, 0.25) is 0 Å². The van der Waals surface area contributed by atoms with Gasteiger partial charge in [0.15, 0.2) is 0 Å². The van der Waals surface area contributed by atoms with E-state index in [1.54, 1.807) is 6.07 Å². The highest BCUT2D eigenvalue weighted by Gasteiger charge is 2.41. The van der Waals surface area contributed by atoms with Gasteiger partial charge in [-0.1, -0.05) is 17.4 Å². The van der Waals surface area contributed by atoms with Crippen molar-refractivity contribution in [3.05, 3.63) is 17.7 Å². The highest BCUT2D eigenvalue weighted by molar-refractivity contribution is 7.20. The van der Waals surface area contributed by atoms with Crippen LogP contribution in [-0.2, 0) is 4.79 Å². The van der Waals surface area contributed by atoms with Gasteiger partial charge in [0.25, 0.3) is 5.19 Å². The highest BCUT2D eigenvalue weighted by Crippen LogP contribution is 2.38. The number of hydrogen-bond acceptors (Lipinski definition) is 6. The Bertz CT molecular complexity index is 747.